The molecule has 1 saturated carbocycles. The van der Waals surface area contributed by atoms with E-state index in [1.165, 1.54) is 25.0 Å². The first kappa shape index (κ1) is 25.0. The number of benzene rings is 1. The van der Waals surface area contributed by atoms with Gasteiger partial charge < -0.3 is 15.0 Å². The Labute approximate surface area is 219 Å². The Morgan fingerprint density at radius 1 is 1.16 bits per heavy atom. The molecule has 1 aromatic carbocycles. The van der Waals surface area contributed by atoms with Crippen LogP contribution >= 0.6 is 0 Å². The lowest BCUT2D eigenvalue weighted by molar-refractivity contribution is 0.123. The molecule has 6 unspecified atom stereocenters. The van der Waals surface area contributed by atoms with Crippen LogP contribution in [0.4, 0.5) is 4.39 Å². The molecule has 4 N–H and O–H groups in total. The molecule has 2 aromatic rings. The van der Waals surface area contributed by atoms with Gasteiger partial charge >= 0.3 is 0 Å². The highest BCUT2D eigenvalue weighted by molar-refractivity contribution is 5.64. The SMILES string of the molecule is CCc1cc(O)ccc1C1CCC2C(c3ncc(C4=CCCN(C5CCCN(C)C5)C4)[nH]3)NNC2C1F. The zero-order valence-electron chi connectivity index (χ0n) is 22.1. The lowest BCUT2D eigenvalue weighted by Gasteiger charge is -2.39. The van der Waals surface area contributed by atoms with E-state index >= 15 is 4.39 Å². The molecule has 6 rings (SSSR count). The van der Waals surface area contributed by atoms with E-state index in [4.69, 9.17) is 4.98 Å². The number of likely N-dealkylation sites (tertiary alicyclic amines) is 1. The maximum atomic E-state index is 15.9. The number of piperidine rings is 1. The fourth-order valence-electron chi connectivity index (χ4n) is 7.28. The van der Waals surface area contributed by atoms with Gasteiger partial charge in [-0.05, 0) is 81.0 Å². The molecular formula is C29H41FN6O. The molecule has 3 aliphatic heterocycles. The van der Waals surface area contributed by atoms with Gasteiger partial charge in [0.2, 0.25) is 0 Å². The number of halogens is 1. The van der Waals surface area contributed by atoms with Gasteiger partial charge in [0.1, 0.15) is 17.7 Å². The molecule has 4 aliphatic rings. The Morgan fingerprint density at radius 3 is 2.89 bits per heavy atom. The number of hydrazine groups is 1. The number of likely N-dealkylation sites (N-methyl/N-ethyl adjacent to an activating group) is 1. The number of nitrogens with zero attached hydrogens (tertiary/aromatic N) is 3. The number of alkyl halides is 1. The number of hydrogen-bond donors (Lipinski definition) is 4. The number of aromatic amines is 1. The van der Waals surface area contributed by atoms with Gasteiger partial charge in [-0.1, -0.05) is 19.1 Å². The minimum Gasteiger partial charge on any atom is -0.508 e. The second kappa shape index (κ2) is 10.5. The van der Waals surface area contributed by atoms with Crippen molar-refractivity contribution in [2.24, 2.45) is 5.92 Å². The molecular weight excluding hydrogens is 467 g/mol. The molecule has 0 bridgehead atoms. The van der Waals surface area contributed by atoms with Crippen LogP contribution in [0.1, 0.15) is 73.6 Å². The number of phenols is 1. The third kappa shape index (κ3) is 4.85. The normalized spacial score (nSPS) is 33.3. The quantitative estimate of drug-likeness (QED) is 0.491. The van der Waals surface area contributed by atoms with E-state index in [-0.39, 0.29) is 29.7 Å². The summed E-state index contributed by atoms with van der Waals surface area (Å²) in [7, 11) is 2.23. The molecule has 7 nitrogen and oxygen atoms in total. The van der Waals surface area contributed by atoms with Crippen LogP contribution in [0.3, 0.4) is 0 Å². The maximum absolute atomic E-state index is 15.9. The minimum absolute atomic E-state index is 0.0318. The van der Waals surface area contributed by atoms with Crippen LogP contribution in [0.15, 0.2) is 30.5 Å². The largest absolute Gasteiger partial charge is 0.508 e. The van der Waals surface area contributed by atoms with Crippen molar-refractivity contribution in [1.29, 1.82) is 0 Å². The molecule has 4 heterocycles. The van der Waals surface area contributed by atoms with Crippen LogP contribution in [-0.2, 0) is 6.42 Å². The van der Waals surface area contributed by atoms with E-state index in [0.29, 0.717) is 6.04 Å². The first-order valence-electron chi connectivity index (χ1n) is 14.2. The number of aromatic nitrogens is 2. The molecule has 1 aliphatic carbocycles. The minimum atomic E-state index is -0.997. The van der Waals surface area contributed by atoms with Gasteiger partial charge in [-0.15, -0.1) is 0 Å². The lowest BCUT2D eigenvalue weighted by atomic mass is 9.71. The van der Waals surface area contributed by atoms with Gasteiger partial charge in [0.15, 0.2) is 0 Å². The number of nitrogens with one attached hydrogen (secondary N) is 3. The van der Waals surface area contributed by atoms with E-state index in [9.17, 15) is 5.11 Å². The predicted molar refractivity (Wildman–Crippen MR) is 144 cm³/mol. The average Bonchev–Trinajstić information content (AvgIpc) is 3.57. The summed E-state index contributed by atoms with van der Waals surface area (Å²) in [4.78, 5) is 13.5. The predicted octanol–water partition coefficient (Wildman–Crippen LogP) is 3.91. The average molecular weight is 509 g/mol. The van der Waals surface area contributed by atoms with Gasteiger partial charge in [0.05, 0.1) is 24.0 Å². The number of aryl methyl sites for hydroxylation is 1. The van der Waals surface area contributed by atoms with Crippen LogP contribution < -0.4 is 10.9 Å². The Kier molecular flexibility index (Phi) is 7.09. The van der Waals surface area contributed by atoms with Crippen LogP contribution in [0.25, 0.3) is 5.57 Å². The summed E-state index contributed by atoms with van der Waals surface area (Å²) in [6, 6.07) is 5.73. The first-order valence-corrected chi connectivity index (χ1v) is 14.2. The van der Waals surface area contributed by atoms with E-state index in [0.717, 1.165) is 68.0 Å². The van der Waals surface area contributed by atoms with Gasteiger partial charge in [0, 0.05) is 37.5 Å². The maximum Gasteiger partial charge on any atom is 0.125 e. The smallest absolute Gasteiger partial charge is 0.125 e. The standard InChI is InChI=1S/C29H41FN6O/c1-3-18-14-21(37)8-9-22(18)23-10-11-24-27(26(23)30)33-34-28(24)29-31-15-25(32-29)19-6-4-13-36(16-19)20-7-5-12-35(2)17-20/h6,8-9,14-15,20,23-24,26-28,33-34,37H,3-5,7,10-13,16-17H2,1-2H3,(H,31,32). The van der Waals surface area contributed by atoms with Crippen molar-refractivity contribution in [1.82, 2.24) is 30.6 Å². The summed E-state index contributed by atoms with van der Waals surface area (Å²) in [5.74, 6) is 1.13. The Bertz CT molecular complexity index is 1130. The molecule has 0 spiro atoms. The molecule has 1 aromatic heterocycles. The highest BCUT2D eigenvalue weighted by Crippen LogP contribution is 2.45. The number of phenolic OH excluding ortho intramolecular Hbond substituents is 1. The third-order valence-electron chi connectivity index (χ3n) is 9.27. The summed E-state index contributed by atoms with van der Waals surface area (Å²) in [5.41, 5.74) is 11.2. The highest BCUT2D eigenvalue weighted by Gasteiger charge is 2.48. The zero-order chi connectivity index (χ0) is 25.5. The van der Waals surface area contributed by atoms with E-state index in [2.05, 4.69) is 45.7 Å². The van der Waals surface area contributed by atoms with Crippen LogP contribution in [0.5, 0.6) is 5.75 Å². The Balaban J connectivity index is 1.14. The molecule has 0 radical (unpaired) electrons. The van der Waals surface area contributed by atoms with Crippen molar-refractivity contribution < 1.29 is 9.50 Å². The number of H-pyrrole nitrogens is 1. The summed E-state index contributed by atoms with van der Waals surface area (Å²) in [5, 5.41) is 9.90. The highest BCUT2D eigenvalue weighted by atomic mass is 19.1. The number of imidazole rings is 1. The zero-order valence-corrected chi connectivity index (χ0v) is 22.1. The number of fused-ring (bicyclic) bond motifs is 1. The molecule has 200 valence electrons. The van der Waals surface area contributed by atoms with Crippen LogP contribution in [0.2, 0.25) is 0 Å². The number of hydrogen-bond acceptors (Lipinski definition) is 6. The number of rotatable bonds is 5. The van der Waals surface area contributed by atoms with E-state index in [1.54, 1.807) is 12.1 Å². The number of aromatic hydroxyl groups is 1. The van der Waals surface area contributed by atoms with E-state index < -0.39 is 6.17 Å². The van der Waals surface area contributed by atoms with Crippen molar-refractivity contribution in [3.63, 3.8) is 0 Å². The second-order valence-corrected chi connectivity index (χ2v) is 11.5. The lowest BCUT2D eigenvalue weighted by Crippen LogP contribution is -2.48. The summed E-state index contributed by atoms with van der Waals surface area (Å²) in [6.45, 7) is 6.50. The second-order valence-electron chi connectivity index (χ2n) is 11.5. The fourth-order valence-corrected chi connectivity index (χ4v) is 7.28. The van der Waals surface area contributed by atoms with Crippen molar-refractivity contribution in [3.8, 4) is 5.75 Å². The van der Waals surface area contributed by atoms with Crippen molar-refractivity contribution in [3.05, 3.63) is 53.1 Å². The molecule has 3 fully saturated rings. The van der Waals surface area contributed by atoms with Gasteiger partial charge in [-0.25, -0.2) is 14.8 Å². The van der Waals surface area contributed by atoms with Crippen LogP contribution in [-0.4, -0.2) is 76.4 Å². The van der Waals surface area contributed by atoms with Crippen molar-refractivity contribution in [2.45, 2.75) is 75.7 Å². The van der Waals surface area contributed by atoms with Crippen molar-refractivity contribution >= 4 is 5.57 Å². The van der Waals surface area contributed by atoms with Gasteiger partial charge in [-0.2, -0.15) is 0 Å². The van der Waals surface area contributed by atoms with Crippen LogP contribution in [0, 0.1) is 5.92 Å². The molecule has 2 saturated heterocycles. The monoisotopic (exact) mass is 508 g/mol. The van der Waals surface area contributed by atoms with E-state index in [1.807, 2.05) is 12.3 Å². The summed E-state index contributed by atoms with van der Waals surface area (Å²) in [6.07, 6.45) is 9.46. The first-order chi connectivity index (χ1) is 18.0. The molecule has 6 atom stereocenters. The molecule has 37 heavy (non-hydrogen) atoms. The fraction of sp³-hybridized carbons (Fsp3) is 0.621. The van der Waals surface area contributed by atoms with Gasteiger partial charge in [0.25, 0.3) is 0 Å². The Morgan fingerprint density at radius 2 is 2.05 bits per heavy atom. The topological polar surface area (TPSA) is 79.5 Å². The third-order valence-corrected chi connectivity index (χ3v) is 9.27. The Hall–Kier alpha value is -2.26. The van der Waals surface area contributed by atoms with Crippen molar-refractivity contribution in [2.75, 3.05) is 33.2 Å². The van der Waals surface area contributed by atoms with Gasteiger partial charge in [-0.3, -0.25) is 10.3 Å². The summed E-state index contributed by atoms with van der Waals surface area (Å²) >= 11 is 0. The molecule has 8 heteroatoms. The molecule has 0 amide bonds. The summed E-state index contributed by atoms with van der Waals surface area (Å²) < 4.78 is 15.9.